The first-order valence-electron chi connectivity index (χ1n) is 10.8. The molecule has 0 aliphatic heterocycles. The molecule has 4 nitrogen and oxygen atoms in total. The molecule has 36 heavy (non-hydrogen) atoms. The first kappa shape index (κ1) is 23.4. The van der Waals surface area contributed by atoms with Crippen molar-refractivity contribution in [3.05, 3.63) is 136 Å². The zero-order valence-electron chi connectivity index (χ0n) is 19.5. The molecule has 3 aromatic carbocycles. The molecular weight excluding hydrogens is 444 g/mol. The molecule has 1 aliphatic carbocycles. The number of anilines is 1. The average Bonchev–Trinajstić information content (AvgIpc) is 2.88. The maximum Gasteiger partial charge on any atom is 0.270 e. The van der Waals surface area contributed by atoms with Gasteiger partial charge in [0, 0.05) is 63.2 Å². The summed E-state index contributed by atoms with van der Waals surface area (Å²) >= 11 is 0. The highest BCUT2D eigenvalue weighted by molar-refractivity contribution is 5.48. The van der Waals surface area contributed by atoms with Gasteiger partial charge in [-0.3, -0.25) is 10.1 Å². The zero-order chi connectivity index (χ0) is 25.3. The quantitative estimate of drug-likeness (QED) is 0.254. The molecule has 0 bridgehead atoms. The van der Waals surface area contributed by atoms with Gasteiger partial charge in [0.2, 0.25) is 0 Å². The Morgan fingerprint density at radius 3 is 1.47 bits per heavy atom. The molecule has 0 fully saturated rings. The van der Waals surface area contributed by atoms with Gasteiger partial charge in [0.15, 0.2) is 0 Å². The third kappa shape index (κ3) is 5.77. The number of nitrogens with zero attached hydrogens (tertiary/aromatic N) is 2. The Morgan fingerprint density at radius 2 is 1.00 bits per heavy atom. The minimum absolute atomic E-state index is 0.0733. The van der Waals surface area contributed by atoms with Crippen LogP contribution in [0, 0.1) is 10.1 Å². The maximum absolute atomic E-state index is 11.2. The Morgan fingerprint density at radius 1 is 0.583 bits per heavy atom. The number of benzene rings is 3. The van der Waals surface area contributed by atoms with Gasteiger partial charge in [-0.05, 0) is 70.8 Å². The second-order valence-electron chi connectivity index (χ2n) is 7.66. The summed E-state index contributed by atoms with van der Waals surface area (Å²) in [7, 11) is 3.91. The summed E-state index contributed by atoms with van der Waals surface area (Å²) in [5.74, 6) is 0. The molecule has 0 amide bonds. The van der Waals surface area contributed by atoms with Crippen LogP contribution < -0.4 is 36.2 Å². The van der Waals surface area contributed by atoms with Crippen molar-refractivity contribution in [2.45, 2.75) is 0 Å². The first-order chi connectivity index (χ1) is 17.5. The van der Waals surface area contributed by atoms with E-state index in [1.54, 1.807) is 6.07 Å². The van der Waals surface area contributed by atoms with E-state index in [4.69, 9.17) is 0 Å². The van der Waals surface area contributed by atoms with Gasteiger partial charge in [-0.25, -0.2) is 0 Å². The number of nitro benzene ring substituents is 1. The van der Waals surface area contributed by atoms with E-state index in [2.05, 4.69) is 68.8 Å². The monoisotopic (exact) mass is 460 g/mol. The van der Waals surface area contributed by atoms with Crippen LogP contribution in [0.3, 0.4) is 0 Å². The molecule has 0 radical (unpaired) electrons. The molecule has 4 rings (SSSR count). The van der Waals surface area contributed by atoms with E-state index in [0.717, 1.165) is 21.3 Å². The summed E-state index contributed by atoms with van der Waals surface area (Å²) in [6, 6.07) is 17.6. The molecular formula is C32H16N2O2. The van der Waals surface area contributed by atoms with Crippen molar-refractivity contribution < 1.29 is 4.92 Å². The third-order valence-electron chi connectivity index (χ3n) is 5.03. The molecule has 0 spiro atoms. The van der Waals surface area contributed by atoms with Crippen molar-refractivity contribution in [1.82, 2.24) is 0 Å². The molecule has 0 saturated carbocycles. The standard InChI is InChI=1S/C32H16N2O2/c1-33(2)31-21-19-27-15-5-6-16-28-20-22-32(34(35)36)24-30(28)18-10-8-14-26-12-4-3-11-25(26)13-7-9-17-29(27)23-31/h3-4,11-12,19-24H,1-2H3. The van der Waals surface area contributed by atoms with E-state index in [1.165, 1.54) is 12.1 Å². The topological polar surface area (TPSA) is 46.4 Å². The third-order valence-corrected chi connectivity index (χ3v) is 5.03. The van der Waals surface area contributed by atoms with Crippen molar-refractivity contribution in [1.29, 1.82) is 0 Å². The van der Waals surface area contributed by atoms with Crippen LogP contribution in [0.1, 0.15) is 0 Å². The largest absolute Gasteiger partial charge is 0.378 e. The number of nitro groups is 1. The smallest absolute Gasteiger partial charge is 0.270 e. The Kier molecular flexibility index (Phi) is 7.07. The summed E-state index contributed by atoms with van der Waals surface area (Å²) in [6.45, 7) is 0. The molecule has 0 atom stereocenters. The maximum atomic E-state index is 11.2. The Labute approximate surface area is 206 Å². The second-order valence-corrected chi connectivity index (χ2v) is 7.66. The number of fused-ring (bicyclic) bond motifs is 3. The van der Waals surface area contributed by atoms with E-state index in [1.807, 2.05) is 61.5 Å². The van der Waals surface area contributed by atoms with Gasteiger partial charge in [-0.15, -0.1) is 0 Å². The average molecular weight is 460 g/mol. The van der Waals surface area contributed by atoms with E-state index in [0.29, 0.717) is 15.7 Å². The van der Waals surface area contributed by atoms with Crippen molar-refractivity contribution >= 4 is 45.8 Å². The van der Waals surface area contributed by atoms with Gasteiger partial charge in [0.25, 0.3) is 5.69 Å². The fraction of sp³-hybridized carbons (Fsp3) is 0.0625. The molecule has 166 valence electrons. The number of hydrogen-bond acceptors (Lipinski definition) is 3. The van der Waals surface area contributed by atoms with E-state index < -0.39 is 4.92 Å². The molecule has 0 heterocycles. The predicted molar refractivity (Wildman–Crippen MR) is 140 cm³/mol. The lowest BCUT2D eigenvalue weighted by atomic mass is 10.2. The molecule has 0 saturated heterocycles. The Hall–Kier alpha value is -5.78. The lowest BCUT2D eigenvalue weighted by Crippen LogP contribution is -2.24. The Balaban J connectivity index is 2.38. The summed E-state index contributed by atoms with van der Waals surface area (Å²) in [6.07, 6.45) is 0. The van der Waals surface area contributed by atoms with Gasteiger partial charge >= 0.3 is 0 Å². The predicted octanol–water partition coefficient (Wildman–Crippen LogP) is 0.950. The lowest BCUT2D eigenvalue weighted by Gasteiger charge is -2.11. The van der Waals surface area contributed by atoms with Crippen molar-refractivity contribution in [3.63, 3.8) is 0 Å². The van der Waals surface area contributed by atoms with Gasteiger partial charge in [0.05, 0.1) is 4.92 Å². The second kappa shape index (κ2) is 10.9. The normalized spacial score (nSPS) is 10.2. The summed E-state index contributed by atoms with van der Waals surface area (Å²) in [4.78, 5) is 12.8. The fourth-order valence-electron chi connectivity index (χ4n) is 3.17. The summed E-state index contributed by atoms with van der Waals surface area (Å²) < 4.78 is 0. The molecule has 0 unspecified atom stereocenters. The van der Waals surface area contributed by atoms with Crippen LogP contribution in [0.15, 0.2) is 95.1 Å². The fourth-order valence-corrected chi connectivity index (χ4v) is 3.17. The van der Waals surface area contributed by atoms with Crippen molar-refractivity contribution in [3.8, 4) is 0 Å². The van der Waals surface area contributed by atoms with E-state index >= 15 is 0 Å². The van der Waals surface area contributed by atoms with Crippen LogP contribution in [0.2, 0.25) is 0 Å². The number of non-ortho nitro benzene ring substituents is 1. The van der Waals surface area contributed by atoms with Crippen LogP contribution in [0.5, 0.6) is 0 Å². The molecule has 4 heteroatoms. The van der Waals surface area contributed by atoms with Gasteiger partial charge in [0.1, 0.15) is 0 Å². The molecule has 3 aromatic rings. The van der Waals surface area contributed by atoms with E-state index in [9.17, 15) is 10.1 Å². The van der Waals surface area contributed by atoms with Gasteiger partial charge < -0.3 is 4.90 Å². The summed E-state index contributed by atoms with van der Waals surface area (Å²) in [5.41, 5.74) is 36.0. The van der Waals surface area contributed by atoms with Crippen LogP contribution >= 0.6 is 0 Å². The van der Waals surface area contributed by atoms with Crippen LogP contribution in [-0.4, -0.2) is 19.0 Å². The number of hydrogen-bond donors (Lipinski definition) is 0. The van der Waals surface area contributed by atoms with Crippen LogP contribution in [0.25, 0.3) is 34.4 Å². The molecule has 1 aliphatic rings. The minimum atomic E-state index is -0.471. The highest BCUT2D eigenvalue weighted by Gasteiger charge is 2.03. The van der Waals surface area contributed by atoms with Crippen molar-refractivity contribution in [2.24, 2.45) is 0 Å². The SMILES string of the molecule is CN(C)c1ccc2c(c1)=C=C=C=C=c1ccccc1=C=C=C=C=c1cc([N+](=O)[O-])ccc1=C=C=C=C=2. The molecule has 0 aromatic heterocycles. The van der Waals surface area contributed by atoms with E-state index in [-0.39, 0.29) is 5.69 Å². The highest BCUT2D eigenvalue weighted by Crippen LogP contribution is 2.03. The van der Waals surface area contributed by atoms with Crippen LogP contribution in [-0.2, 0) is 0 Å². The Bertz CT molecular complexity index is 2190. The van der Waals surface area contributed by atoms with Crippen molar-refractivity contribution in [2.75, 3.05) is 19.0 Å². The lowest BCUT2D eigenvalue weighted by molar-refractivity contribution is -0.385. The van der Waals surface area contributed by atoms with Crippen LogP contribution in [0.4, 0.5) is 11.4 Å². The van der Waals surface area contributed by atoms with Gasteiger partial charge in [-0.1, -0.05) is 46.5 Å². The minimum Gasteiger partial charge on any atom is -0.378 e. The molecule has 0 N–H and O–H groups in total. The highest BCUT2D eigenvalue weighted by atomic mass is 16.6. The first-order valence-corrected chi connectivity index (χ1v) is 10.8. The summed E-state index contributed by atoms with van der Waals surface area (Å²) in [5, 5.41) is 15.1. The van der Waals surface area contributed by atoms with Gasteiger partial charge in [-0.2, -0.15) is 0 Å². The number of rotatable bonds is 2. The zero-order valence-corrected chi connectivity index (χ0v) is 19.5.